The molecule has 2 fully saturated rings. The normalized spacial score (nSPS) is 27.2. The predicted molar refractivity (Wildman–Crippen MR) is 72.9 cm³/mol. The highest BCUT2D eigenvalue weighted by atomic mass is 16.5. The highest BCUT2D eigenvalue weighted by molar-refractivity contribution is 5.89. The summed E-state index contributed by atoms with van der Waals surface area (Å²) in [4.78, 5) is 27.8. The Morgan fingerprint density at radius 3 is 3.00 bits per heavy atom. The molecule has 2 unspecified atom stereocenters. The summed E-state index contributed by atoms with van der Waals surface area (Å²) in [6, 6.07) is 0. The SMILES string of the molecule is CCC1OCCCC1C(=O)N1CC(=O)N(CCOC)C1. The lowest BCUT2D eigenvalue weighted by Crippen LogP contribution is -2.43. The molecule has 2 atom stereocenters. The molecule has 0 spiro atoms. The molecule has 6 nitrogen and oxygen atoms in total. The molecule has 0 N–H and O–H groups in total. The maximum Gasteiger partial charge on any atom is 0.243 e. The van der Waals surface area contributed by atoms with Crippen molar-refractivity contribution in [1.82, 2.24) is 9.80 Å². The molecular formula is C14H24N2O4. The maximum absolute atomic E-state index is 12.6. The minimum Gasteiger partial charge on any atom is -0.383 e. The molecule has 2 aliphatic rings. The molecule has 0 aromatic carbocycles. The third-order valence-corrected chi connectivity index (χ3v) is 4.06. The molecule has 2 amide bonds. The van der Waals surface area contributed by atoms with Gasteiger partial charge in [0, 0.05) is 20.3 Å². The number of carbonyl (C=O) groups is 2. The van der Waals surface area contributed by atoms with E-state index in [4.69, 9.17) is 9.47 Å². The van der Waals surface area contributed by atoms with Crippen molar-refractivity contribution >= 4 is 11.8 Å². The van der Waals surface area contributed by atoms with Crippen LogP contribution in [0, 0.1) is 5.92 Å². The molecule has 0 aromatic heterocycles. The molecule has 0 aliphatic carbocycles. The topological polar surface area (TPSA) is 59.1 Å². The van der Waals surface area contributed by atoms with Crippen molar-refractivity contribution < 1.29 is 19.1 Å². The first-order valence-electron chi connectivity index (χ1n) is 7.34. The Hall–Kier alpha value is -1.14. The van der Waals surface area contributed by atoms with Crippen molar-refractivity contribution in [2.75, 3.05) is 40.1 Å². The Labute approximate surface area is 120 Å². The van der Waals surface area contributed by atoms with E-state index in [1.165, 1.54) is 0 Å². The number of rotatable bonds is 5. The van der Waals surface area contributed by atoms with Gasteiger partial charge in [-0.3, -0.25) is 9.59 Å². The average Bonchev–Trinajstić information content (AvgIpc) is 2.85. The summed E-state index contributed by atoms with van der Waals surface area (Å²) in [5, 5.41) is 0. The first-order valence-corrected chi connectivity index (χ1v) is 7.34. The van der Waals surface area contributed by atoms with Crippen molar-refractivity contribution in [1.29, 1.82) is 0 Å². The molecule has 2 rings (SSSR count). The zero-order valence-corrected chi connectivity index (χ0v) is 12.3. The number of hydrogen-bond donors (Lipinski definition) is 0. The predicted octanol–water partition coefficient (Wildman–Crippen LogP) is 0.466. The van der Waals surface area contributed by atoms with E-state index in [0.717, 1.165) is 25.9 Å². The van der Waals surface area contributed by atoms with Crippen molar-refractivity contribution in [2.24, 2.45) is 5.92 Å². The van der Waals surface area contributed by atoms with Gasteiger partial charge in [-0.25, -0.2) is 0 Å². The van der Waals surface area contributed by atoms with E-state index >= 15 is 0 Å². The Balaban J connectivity index is 1.94. The second-order valence-corrected chi connectivity index (χ2v) is 5.39. The van der Waals surface area contributed by atoms with Crippen LogP contribution in [0.1, 0.15) is 26.2 Å². The van der Waals surface area contributed by atoms with E-state index in [0.29, 0.717) is 19.8 Å². The van der Waals surface area contributed by atoms with Gasteiger partial charge >= 0.3 is 0 Å². The van der Waals surface area contributed by atoms with Crippen LogP contribution < -0.4 is 0 Å². The van der Waals surface area contributed by atoms with E-state index in [2.05, 4.69) is 0 Å². The van der Waals surface area contributed by atoms with Crippen molar-refractivity contribution in [3.8, 4) is 0 Å². The first-order chi connectivity index (χ1) is 9.67. The largest absolute Gasteiger partial charge is 0.383 e. The molecule has 114 valence electrons. The Morgan fingerprint density at radius 2 is 2.30 bits per heavy atom. The summed E-state index contributed by atoms with van der Waals surface area (Å²) >= 11 is 0. The Kier molecular flexibility index (Phi) is 5.37. The Bertz CT molecular complexity index is 361. The fourth-order valence-electron chi connectivity index (χ4n) is 2.90. The summed E-state index contributed by atoms with van der Waals surface area (Å²) < 4.78 is 10.7. The van der Waals surface area contributed by atoms with Gasteiger partial charge in [0.2, 0.25) is 11.8 Å². The number of methoxy groups -OCH3 is 1. The second-order valence-electron chi connectivity index (χ2n) is 5.39. The van der Waals surface area contributed by atoms with Crippen LogP contribution in [-0.4, -0.2) is 67.8 Å². The molecule has 2 saturated heterocycles. The second kappa shape index (κ2) is 7.04. The lowest BCUT2D eigenvalue weighted by atomic mass is 9.91. The van der Waals surface area contributed by atoms with E-state index in [1.807, 2.05) is 6.92 Å². The summed E-state index contributed by atoms with van der Waals surface area (Å²) in [7, 11) is 1.61. The molecule has 0 saturated carbocycles. The van der Waals surface area contributed by atoms with E-state index in [-0.39, 0.29) is 30.4 Å². The number of amides is 2. The highest BCUT2D eigenvalue weighted by Gasteiger charge is 2.38. The number of ether oxygens (including phenoxy) is 2. The molecule has 2 aliphatic heterocycles. The highest BCUT2D eigenvalue weighted by Crippen LogP contribution is 2.26. The molecular weight excluding hydrogens is 260 g/mol. The fraction of sp³-hybridized carbons (Fsp3) is 0.857. The minimum absolute atomic E-state index is 0.000163. The number of hydrogen-bond acceptors (Lipinski definition) is 4. The molecule has 0 aromatic rings. The molecule has 2 heterocycles. The van der Waals surface area contributed by atoms with Crippen LogP contribution in [0.3, 0.4) is 0 Å². The van der Waals surface area contributed by atoms with E-state index in [9.17, 15) is 9.59 Å². The fourth-order valence-corrected chi connectivity index (χ4v) is 2.90. The molecule has 20 heavy (non-hydrogen) atoms. The van der Waals surface area contributed by atoms with E-state index in [1.54, 1.807) is 16.9 Å². The maximum atomic E-state index is 12.6. The van der Waals surface area contributed by atoms with E-state index < -0.39 is 0 Å². The third-order valence-electron chi connectivity index (χ3n) is 4.06. The van der Waals surface area contributed by atoms with Crippen molar-refractivity contribution in [3.63, 3.8) is 0 Å². The third kappa shape index (κ3) is 3.30. The van der Waals surface area contributed by atoms with Crippen molar-refractivity contribution in [3.05, 3.63) is 0 Å². The van der Waals surface area contributed by atoms with Gasteiger partial charge in [-0.15, -0.1) is 0 Å². The smallest absolute Gasteiger partial charge is 0.243 e. The van der Waals surface area contributed by atoms with Crippen LogP contribution >= 0.6 is 0 Å². The lowest BCUT2D eigenvalue weighted by Gasteiger charge is -2.32. The Morgan fingerprint density at radius 1 is 1.50 bits per heavy atom. The van der Waals surface area contributed by atoms with Gasteiger partial charge < -0.3 is 19.3 Å². The van der Waals surface area contributed by atoms with Crippen LogP contribution in [0.5, 0.6) is 0 Å². The van der Waals surface area contributed by atoms with Crippen LogP contribution in [0.25, 0.3) is 0 Å². The molecule has 0 radical (unpaired) electrons. The van der Waals surface area contributed by atoms with Crippen molar-refractivity contribution in [2.45, 2.75) is 32.3 Å². The van der Waals surface area contributed by atoms with Gasteiger partial charge in [0.05, 0.1) is 25.3 Å². The van der Waals surface area contributed by atoms with Gasteiger partial charge in [-0.1, -0.05) is 6.92 Å². The van der Waals surface area contributed by atoms with Gasteiger partial charge in [-0.2, -0.15) is 0 Å². The van der Waals surface area contributed by atoms with Gasteiger partial charge in [0.15, 0.2) is 0 Å². The van der Waals surface area contributed by atoms with Crippen LogP contribution in [-0.2, 0) is 19.1 Å². The van der Waals surface area contributed by atoms with Crippen LogP contribution in [0.15, 0.2) is 0 Å². The minimum atomic E-state index is -0.0936. The molecule has 6 heteroatoms. The van der Waals surface area contributed by atoms with Crippen LogP contribution in [0.4, 0.5) is 0 Å². The lowest BCUT2D eigenvalue weighted by molar-refractivity contribution is -0.145. The standard InChI is InChI=1S/C14H24N2O4/c1-3-12-11(5-4-7-20-12)14(18)16-9-13(17)15(10-16)6-8-19-2/h11-12H,3-10H2,1-2H3. The number of carbonyl (C=O) groups excluding carboxylic acids is 2. The molecule has 0 bridgehead atoms. The summed E-state index contributed by atoms with van der Waals surface area (Å²) in [5.74, 6) is -0.0334. The summed E-state index contributed by atoms with van der Waals surface area (Å²) in [6.07, 6.45) is 2.62. The van der Waals surface area contributed by atoms with Gasteiger partial charge in [-0.05, 0) is 19.3 Å². The monoisotopic (exact) mass is 284 g/mol. The quantitative estimate of drug-likeness (QED) is 0.736. The zero-order chi connectivity index (χ0) is 14.5. The first kappa shape index (κ1) is 15.3. The van der Waals surface area contributed by atoms with Gasteiger partial charge in [0.25, 0.3) is 0 Å². The number of nitrogens with zero attached hydrogens (tertiary/aromatic N) is 2. The van der Waals surface area contributed by atoms with Gasteiger partial charge in [0.1, 0.15) is 6.54 Å². The zero-order valence-electron chi connectivity index (χ0n) is 12.3. The summed E-state index contributed by atoms with van der Waals surface area (Å²) in [6.45, 7) is 4.39. The average molecular weight is 284 g/mol. The summed E-state index contributed by atoms with van der Waals surface area (Å²) in [5.41, 5.74) is 0. The van der Waals surface area contributed by atoms with Crippen LogP contribution in [0.2, 0.25) is 0 Å².